The summed E-state index contributed by atoms with van der Waals surface area (Å²) in [6.07, 6.45) is 4.05. The maximum Gasteiger partial charge on any atom is 0.349 e. The zero-order valence-electron chi connectivity index (χ0n) is 11.6. The Kier molecular flexibility index (Phi) is 3.73. The Labute approximate surface area is 121 Å². The molecular formula is C13H13NO6S. The quantitative estimate of drug-likeness (QED) is 0.738. The number of carbonyl (C=O) groups excluding carboxylic acids is 2. The first-order valence-electron chi connectivity index (χ1n) is 5.83. The lowest BCUT2D eigenvalue weighted by Crippen LogP contribution is -2.21. The molecule has 1 aliphatic heterocycles. The van der Waals surface area contributed by atoms with Crippen molar-refractivity contribution in [3.63, 3.8) is 0 Å². The zero-order chi connectivity index (χ0) is 15.8. The highest BCUT2D eigenvalue weighted by atomic mass is 32.2. The molecule has 0 radical (unpaired) electrons. The maximum atomic E-state index is 12.5. The van der Waals surface area contributed by atoms with E-state index in [0.717, 1.165) is 14.2 Å². The minimum atomic E-state index is -4.32. The third-order valence-electron chi connectivity index (χ3n) is 3.06. The molecule has 8 heteroatoms. The number of sulfone groups is 1. The summed E-state index contributed by atoms with van der Waals surface area (Å²) in [5.41, 5.74) is 0.957. The zero-order valence-corrected chi connectivity index (χ0v) is 12.4. The molecule has 2 heterocycles. The van der Waals surface area contributed by atoms with Crippen LogP contribution in [-0.4, -0.2) is 39.1 Å². The monoisotopic (exact) mass is 311 g/mol. The molecule has 0 amide bonds. The van der Waals surface area contributed by atoms with Gasteiger partial charge in [0.25, 0.3) is 0 Å². The standard InChI is InChI=1S/C13H13NO6S/c1-14-5-4-8-6-10(12(15)19-2)21(17,18)11(7-9(8)14)13(16)20-3/h4-7H,1-3H3. The average molecular weight is 311 g/mol. The van der Waals surface area contributed by atoms with Gasteiger partial charge < -0.3 is 14.0 Å². The molecule has 1 aliphatic rings. The third kappa shape index (κ3) is 2.38. The summed E-state index contributed by atoms with van der Waals surface area (Å²) >= 11 is 0. The molecule has 112 valence electrons. The summed E-state index contributed by atoms with van der Waals surface area (Å²) in [6.45, 7) is 0. The van der Waals surface area contributed by atoms with Gasteiger partial charge in [-0.25, -0.2) is 18.0 Å². The smallest absolute Gasteiger partial charge is 0.349 e. The number of aryl methyl sites for hydroxylation is 1. The van der Waals surface area contributed by atoms with Gasteiger partial charge in [-0.05, 0) is 18.2 Å². The molecule has 2 rings (SSSR count). The molecule has 0 atom stereocenters. The molecule has 0 saturated carbocycles. The highest BCUT2D eigenvalue weighted by Gasteiger charge is 2.37. The molecule has 21 heavy (non-hydrogen) atoms. The van der Waals surface area contributed by atoms with E-state index in [-0.39, 0.29) is 0 Å². The van der Waals surface area contributed by atoms with Crippen molar-refractivity contribution in [2.75, 3.05) is 14.2 Å². The van der Waals surface area contributed by atoms with Crippen LogP contribution in [0.4, 0.5) is 0 Å². The second-order valence-corrected chi connectivity index (χ2v) is 6.16. The van der Waals surface area contributed by atoms with Gasteiger partial charge in [0.05, 0.1) is 14.2 Å². The number of methoxy groups -OCH3 is 2. The molecule has 0 fully saturated rings. The van der Waals surface area contributed by atoms with Crippen LogP contribution in [0.2, 0.25) is 0 Å². The Morgan fingerprint density at radius 2 is 1.57 bits per heavy atom. The Hall–Kier alpha value is -2.35. The molecule has 1 aromatic rings. The first-order valence-corrected chi connectivity index (χ1v) is 7.31. The predicted octanol–water partition coefficient (Wildman–Crippen LogP) is 0.481. The molecule has 0 aromatic carbocycles. The third-order valence-corrected chi connectivity index (χ3v) is 4.79. The predicted molar refractivity (Wildman–Crippen MR) is 74.3 cm³/mol. The van der Waals surface area contributed by atoms with Crippen molar-refractivity contribution in [2.24, 2.45) is 7.05 Å². The minimum Gasteiger partial charge on any atom is -0.465 e. The van der Waals surface area contributed by atoms with Crippen LogP contribution in [0.25, 0.3) is 12.2 Å². The Bertz CT molecular complexity index is 782. The van der Waals surface area contributed by atoms with Crippen LogP contribution >= 0.6 is 0 Å². The normalized spacial score (nSPS) is 16.1. The summed E-state index contributed by atoms with van der Waals surface area (Å²) < 4.78 is 35.5. The molecule has 0 aliphatic carbocycles. The number of hydrogen-bond acceptors (Lipinski definition) is 6. The van der Waals surface area contributed by atoms with Crippen molar-refractivity contribution in [1.29, 1.82) is 0 Å². The van der Waals surface area contributed by atoms with Crippen molar-refractivity contribution in [1.82, 2.24) is 4.57 Å². The van der Waals surface area contributed by atoms with E-state index < -0.39 is 31.6 Å². The van der Waals surface area contributed by atoms with Crippen molar-refractivity contribution in [3.8, 4) is 0 Å². The fourth-order valence-corrected chi connectivity index (χ4v) is 3.34. The Balaban J connectivity index is 2.82. The Morgan fingerprint density at radius 1 is 1.05 bits per heavy atom. The number of aromatic nitrogens is 1. The SMILES string of the molecule is COC(=O)C1=Cc2ccn(C)c2C=C(C(=O)OC)S1(=O)=O. The van der Waals surface area contributed by atoms with E-state index in [4.69, 9.17) is 0 Å². The fraction of sp³-hybridized carbons (Fsp3) is 0.231. The molecule has 0 saturated heterocycles. The molecule has 7 nitrogen and oxygen atoms in total. The number of nitrogens with zero attached hydrogens (tertiary/aromatic N) is 1. The van der Waals surface area contributed by atoms with Crippen molar-refractivity contribution in [2.45, 2.75) is 0 Å². The van der Waals surface area contributed by atoms with Gasteiger partial charge in [-0.3, -0.25) is 0 Å². The van der Waals surface area contributed by atoms with E-state index in [0.29, 0.717) is 11.3 Å². The van der Waals surface area contributed by atoms with Crippen LogP contribution in [-0.2, 0) is 35.9 Å². The van der Waals surface area contributed by atoms with Crippen LogP contribution in [0.5, 0.6) is 0 Å². The van der Waals surface area contributed by atoms with E-state index >= 15 is 0 Å². The largest absolute Gasteiger partial charge is 0.465 e. The number of hydrogen-bond donors (Lipinski definition) is 0. The van der Waals surface area contributed by atoms with Crippen molar-refractivity contribution >= 4 is 33.9 Å². The van der Waals surface area contributed by atoms with Crippen LogP contribution in [0.3, 0.4) is 0 Å². The van der Waals surface area contributed by atoms with Gasteiger partial charge in [0.1, 0.15) is 0 Å². The first-order chi connectivity index (χ1) is 9.82. The summed E-state index contributed by atoms with van der Waals surface area (Å²) in [6, 6.07) is 1.63. The van der Waals surface area contributed by atoms with Gasteiger partial charge in [-0.2, -0.15) is 0 Å². The summed E-state index contributed by atoms with van der Waals surface area (Å²) in [5, 5.41) is 0. The first kappa shape index (κ1) is 15.0. The van der Waals surface area contributed by atoms with Gasteiger partial charge in [-0.15, -0.1) is 0 Å². The van der Waals surface area contributed by atoms with Gasteiger partial charge in [0.15, 0.2) is 9.81 Å². The molecule has 1 aromatic heterocycles. The lowest BCUT2D eigenvalue weighted by atomic mass is 10.2. The Morgan fingerprint density at radius 3 is 2.10 bits per heavy atom. The molecular weight excluding hydrogens is 298 g/mol. The summed E-state index contributed by atoms with van der Waals surface area (Å²) in [7, 11) is -0.497. The van der Waals surface area contributed by atoms with Crippen LogP contribution in [0, 0.1) is 0 Å². The number of esters is 2. The van der Waals surface area contributed by atoms with Gasteiger partial charge in [0.2, 0.25) is 9.84 Å². The lowest BCUT2D eigenvalue weighted by molar-refractivity contribution is -0.135. The highest BCUT2D eigenvalue weighted by molar-refractivity contribution is 8.01. The molecule has 0 bridgehead atoms. The molecule has 0 N–H and O–H groups in total. The fourth-order valence-electron chi connectivity index (χ4n) is 1.95. The van der Waals surface area contributed by atoms with Crippen molar-refractivity contribution in [3.05, 3.63) is 33.3 Å². The number of carbonyl (C=O) groups is 2. The van der Waals surface area contributed by atoms with Crippen LogP contribution < -0.4 is 0 Å². The van der Waals surface area contributed by atoms with Gasteiger partial charge >= 0.3 is 11.9 Å². The topological polar surface area (TPSA) is 91.7 Å². The summed E-state index contributed by atoms with van der Waals surface area (Å²) in [4.78, 5) is 22.3. The summed E-state index contributed by atoms with van der Waals surface area (Å²) in [5.74, 6) is -2.08. The highest BCUT2D eigenvalue weighted by Crippen LogP contribution is 2.30. The number of ether oxygens (including phenoxy) is 2. The van der Waals surface area contributed by atoms with E-state index in [1.807, 2.05) is 0 Å². The van der Waals surface area contributed by atoms with E-state index in [9.17, 15) is 18.0 Å². The van der Waals surface area contributed by atoms with Gasteiger partial charge in [-0.1, -0.05) is 0 Å². The minimum absolute atomic E-state index is 0.470. The number of fused-ring (bicyclic) bond motifs is 1. The van der Waals surface area contributed by atoms with Crippen LogP contribution in [0.1, 0.15) is 11.3 Å². The lowest BCUT2D eigenvalue weighted by Gasteiger charge is -2.07. The molecule has 0 unspecified atom stereocenters. The second-order valence-electron chi connectivity index (χ2n) is 4.27. The van der Waals surface area contributed by atoms with E-state index in [2.05, 4.69) is 9.47 Å². The number of rotatable bonds is 2. The van der Waals surface area contributed by atoms with E-state index in [1.54, 1.807) is 23.9 Å². The second kappa shape index (κ2) is 5.21. The van der Waals surface area contributed by atoms with Crippen LogP contribution in [0.15, 0.2) is 22.1 Å². The van der Waals surface area contributed by atoms with Gasteiger partial charge in [0, 0.05) is 24.5 Å². The van der Waals surface area contributed by atoms with Crippen molar-refractivity contribution < 1.29 is 27.5 Å². The molecule has 0 spiro atoms. The maximum absolute atomic E-state index is 12.5. The average Bonchev–Trinajstić information content (AvgIpc) is 2.74. The van der Waals surface area contributed by atoms with E-state index in [1.165, 1.54) is 12.2 Å².